The van der Waals surface area contributed by atoms with E-state index in [1.165, 1.54) is 16.7 Å². The van der Waals surface area contributed by atoms with E-state index in [1.54, 1.807) is 39.4 Å². The number of hydrogen-bond donors (Lipinski definition) is 3. The van der Waals surface area contributed by atoms with Crippen molar-refractivity contribution >= 4 is 29.5 Å². The Morgan fingerprint density at radius 1 is 1.15 bits per heavy atom. The number of carbonyl (C=O) groups is 2. The maximum absolute atomic E-state index is 12.1. The van der Waals surface area contributed by atoms with Gasteiger partial charge in [0.15, 0.2) is 0 Å². The number of amides is 2. The molecule has 0 saturated carbocycles. The second-order valence-corrected chi connectivity index (χ2v) is 9.97. The highest BCUT2D eigenvalue weighted by atomic mass is 16.6. The standard InChI is InChI=1S/C28H37N9O3/c1-6-14-30-25-21(11-8-7-9-15-29-24(38)20-36(5)27(39)40-28(2,3)4)19-31-26(35-25)34-22-12-10-13-23(18-22)37-32-16-17-33-37/h10,12-13,16-19H,6-7,9,14-15,20H2,1-5H3,(H,29,38)(H2,30,31,34,35). The fourth-order valence-corrected chi connectivity index (χ4v) is 3.34. The largest absolute Gasteiger partial charge is 0.444 e. The molecule has 40 heavy (non-hydrogen) atoms. The van der Waals surface area contributed by atoms with Gasteiger partial charge in [0.1, 0.15) is 18.0 Å². The van der Waals surface area contributed by atoms with E-state index in [0.717, 1.165) is 24.3 Å². The van der Waals surface area contributed by atoms with E-state index in [9.17, 15) is 9.59 Å². The zero-order valence-corrected chi connectivity index (χ0v) is 23.7. The molecule has 0 radical (unpaired) electrons. The van der Waals surface area contributed by atoms with E-state index in [4.69, 9.17) is 4.74 Å². The number of anilines is 3. The zero-order chi connectivity index (χ0) is 29.0. The molecule has 0 fully saturated rings. The van der Waals surface area contributed by atoms with Crippen LogP contribution >= 0.6 is 0 Å². The van der Waals surface area contributed by atoms with Crippen LogP contribution in [0.1, 0.15) is 52.5 Å². The van der Waals surface area contributed by atoms with Crippen molar-refractivity contribution in [1.82, 2.24) is 35.2 Å². The van der Waals surface area contributed by atoms with Crippen LogP contribution in [0.15, 0.2) is 42.9 Å². The minimum Gasteiger partial charge on any atom is -0.444 e. The zero-order valence-electron chi connectivity index (χ0n) is 23.7. The van der Waals surface area contributed by atoms with Crippen molar-refractivity contribution in [3.63, 3.8) is 0 Å². The van der Waals surface area contributed by atoms with Crippen molar-refractivity contribution in [2.45, 2.75) is 52.6 Å². The summed E-state index contributed by atoms with van der Waals surface area (Å²) in [6, 6.07) is 7.63. The van der Waals surface area contributed by atoms with Gasteiger partial charge in [-0.3, -0.25) is 4.79 Å². The molecule has 0 saturated heterocycles. The van der Waals surface area contributed by atoms with Crippen molar-refractivity contribution in [1.29, 1.82) is 0 Å². The van der Waals surface area contributed by atoms with Crippen molar-refractivity contribution < 1.29 is 14.3 Å². The molecule has 3 N–H and O–H groups in total. The maximum atomic E-state index is 12.1. The third-order valence-corrected chi connectivity index (χ3v) is 5.19. The number of rotatable bonds is 11. The van der Waals surface area contributed by atoms with Gasteiger partial charge in [-0.1, -0.05) is 24.8 Å². The fraction of sp³-hybridized carbons (Fsp3) is 0.429. The van der Waals surface area contributed by atoms with Gasteiger partial charge in [-0.25, -0.2) is 9.78 Å². The molecule has 12 heteroatoms. The summed E-state index contributed by atoms with van der Waals surface area (Å²) in [6.45, 7) is 8.53. The summed E-state index contributed by atoms with van der Waals surface area (Å²) < 4.78 is 5.25. The number of likely N-dealkylation sites (N-methyl/N-ethyl adjacent to an activating group) is 1. The number of carbonyl (C=O) groups excluding carboxylic acids is 2. The highest BCUT2D eigenvalue weighted by molar-refractivity contribution is 5.82. The molecular formula is C28H37N9O3. The van der Waals surface area contributed by atoms with Gasteiger partial charge in [0.05, 0.1) is 29.8 Å². The SMILES string of the molecule is CCCNc1nc(Nc2cccc(-n3nccn3)c2)ncc1C#CCCCNC(=O)CN(C)C(=O)OC(C)(C)C. The lowest BCUT2D eigenvalue weighted by Gasteiger charge is -2.24. The van der Waals surface area contributed by atoms with E-state index in [0.29, 0.717) is 36.7 Å². The Hall–Kier alpha value is -4.66. The number of benzene rings is 1. The Morgan fingerprint density at radius 2 is 1.93 bits per heavy atom. The summed E-state index contributed by atoms with van der Waals surface area (Å²) in [5.41, 5.74) is 1.69. The molecule has 3 rings (SSSR count). The van der Waals surface area contributed by atoms with Crippen LogP contribution in [-0.4, -0.2) is 74.1 Å². The number of nitrogens with one attached hydrogen (secondary N) is 3. The molecule has 0 bridgehead atoms. The van der Waals surface area contributed by atoms with Gasteiger partial charge >= 0.3 is 6.09 Å². The first-order valence-corrected chi connectivity index (χ1v) is 13.2. The maximum Gasteiger partial charge on any atom is 0.410 e. The van der Waals surface area contributed by atoms with Crippen LogP contribution in [0, 0.1) is 11.8 Å². The Morgan fingerprint density at radius 3 is 2.65 bits per heavy atom. The van der Waals surface area contributed by atoms with Gasteiger partial charge in [-0.05, 0) is 51.8 Å². The number of unbranched alkanes of at least 4 members (excludes halogenated alkanes) is 1. The van der Waals surface area contributed by atoms with Crippen LogP contribution in [0.2, 0.25) is 0 Å². The minimum atomic E-state index is -0.612. The van der Waals surface area contributed by atoms with Gasteiger partial charge in [0.2, 0.25) is 11.9 Å². The first kappa shape index (κ1) is 29.9. The van der Waals surface area contributed by atoms with Crippen molar-refractivity contribution in [2.24, 2.45) is 0 Å². The Bertz CT molecular complexity index is 1320. The summed E-state index contributed by atoms with van der Waals surface area (Å²) >= 11 is 0. The number of nitrogens with zero attached hydrogens (tertiary/aromatic N) is 6. The van der Waals surface area contributed by atoms with E-state index in [2.05, 4.69) is 54.9 Å². The summed E-state index contributed by atoms with van der Waals surface area (Å²) in [5.74, 6) is 7.09. The molecule has 3 aromatic rings. The fourth-order valence-electron chi connectivity index (χ4n) is 3.34. The molecule has 2 amide bonds. The third kappa shape index (κ3) is 9.90. The van der Waals surface area contributed by atoms with Crippen LogP contribution in [0.3, 0.4) is 0 Å². The molecule has 0 aliphatic carbocycles. The van der Waals surface area contributed by atoms with E-state index < -0.39 is 11.7 Å². The molecule has 0 unspecified atom stereocenters. The average Bonchev–Trinajstić information content (AvgIpc) is 3.45. The molecular weight excluding hydrogens is 510 g/mol. The third-order valence-electron chi connectivity index (χ3n) is 5.19. The lowest BCUT2D eigenvalue weighted by molar-refractivity contribution is -0.122. The monoisotopic (exact) mass is 547 g/mol. The predicted octanol–water partition coefficient (Wildman–Crippen LogP) is 3.74. The number of hydrogen-bond acceptors (Lipinski definition) is 9. The van der Waals surface area contributed by atoms with Crippen molar-refractivity contribution in [3.05, 3.63) is 48.4 Å². The second-order valence-electron chi connectivity index (χ2n) is 9.97. The second kappa shape index (κ2) is 14.5. The van der Waals surface area contributed by atoms with E-state index in [-0.39, 0.29) is 12.5 Å². The summed E-state index contributed by atoms with van der Waals surface area (Å²) in [6.07, 6.45) is 6.56. The Balaban J connectivity index is 1.52. The van der Waals surface area contributed by atoms with Crippen LogP contribution < -0.4 is 16.0 Å². The molecule has 1 aromatic carbocycles. The van der Waals surface area contributed by atoms with Gasteiger partial charge in [0, 0.05) is 32.2 Å². The van der Waals surface area contributed by atoms with Crippen LogP contribution in [0.4, 0.5) is 22.2 Å². The lowest BCUT2D eigenvalue weighted by atomic mass is 10.2. The topological polar surface area (TPSA) is 139 Å². The molecule has 12 nitrogen and oxygen atoms in total. The number of ether oxygens (including phenoxy) is 1. The molecule has 212 valence electrons. The van der Waals surface area contributed by atoms with E-state index >= 15 is 0 Å². The lowest BCUT2D eigenvalue weighted by Crippen LogP contribution is -2.41. The summed E-state index contributed by atoms with van der Waals surface area (Å²) in [5, 5.41) is 17.7. The highest BCUT2D eigenvalue weighted by Gasteiger charge is 2.20. The normalized spacial score (nSPS) is 10.7. The molecule has 0 spiro atoms. The quantitative estimate of drug-likeness (QED) is 0.242. The molecule has 0 atom stereocenters. The Labute approximate surface area is 234 Å². The van der Waals surface area contributed by atoms with Crippen LogP contribution in [0.25, 0.3) is 5.69 Å². The molecule has 0 aliphatic rings. The first-order chi connectivity index (χ1) is 19.1. The highest BCUT2D eigenvalue weighted by Crippen LogP contribution is 2.19. The predicted molar refractivity (Wildman–Crippen MR) is 153 cm³/mol. The van der Waals surface area contributed by atoms with Gasteiger partial charge in [-0.2, -0.15) is 20.0 Å². The van der Waals surface area contributed by atoms with Crippen LogP contribution in [0.5, 0.6) is 0 Å². The van der Waals surface area contributed by atoms with Gasteiger partial charge in [0.25, 0.3) is 0 Å². The van der Waals surface area contributed by atoms with E-state index in [1.807, 2.05) is 24.3 Å². The Kier molecular flexibility index (Phi) is 10.8. The molecule has 2 aromatic heterocycles. The van der Waals surface area contributed by atoms with Crippen molar-refractivity contribution in [2.75, 3.05) is 37.3 Å². The molecule has 2 heterocycles. The number of aromatic nitrogens is 5. The molecule has 0 aliphatic heterocycles. The van der Waals surface area contributed by atoms with Gasteiger partial charge in [-0.15, -0.1) is 0 Å². The average molecular weight is 548 g/mol. The first-order valence-electron chi connectivity index (χ1n) is 13.2. The smallest absolute Gasteiger partial charge is 0.410 e. The summed E-state index contributed by atoms with van der Waals surface area (Å²) in [4.78, 5) is 36.0. The van der Waals surface area contributed by atoms with Crippen molar-refractivity contribution in [3.8, 4) is 17.5 Å². The summed E-state index contributed by atoms with van der Waals surface area (Å²) in [7, 11) is 1.53. The van der Waals surface area contributed by atoms with Gasteiger partial charge < -0.3 is 25.6 Å². The minimum absolute atomic E-state index is 0.0742. The van der Waals surface area contributed by atoms with Crippen LogP contribution in [-0.2, 0) is 9.53 Å².